The van der Waals surface area contributed by atoms with Crippen LogP contribution in [0, 0.1) is 11.7 Å². The summed E-state index contributed by atoms with van der Waals surface area (Å²) in [7, 11) is 1.59. The monoisotopic (exact) mass is 528 g/mol. The Morgan fingerprint density at radius 3 is 2.51 bits per heavy atom. The molecule has 1 aliphatic heterocycles. The topological polar surface area (TPSA) is 121 Å². The molecule has 10 nitrogen and oxygen atoms in total. The average molecular weight is 529 g/mol. The van der Waals surface area contributed by atoms with Crippen LogP contribution in [-0.2, 0) is 11.8 Å². The number of halogens is 2. The Bertz CT molecular complexity index is 1470. The summed E-state index contributed by atoms with van der Waals surface area (Å²) >= 11 is 5.86. The van der Waals surface area contributed by atoms with Gasteiger partial charge in [0, 0.05) is 44.7 Å². The van der Waals surface area contributed by atoms with Gasteiger partial charge in [0.25, 0.3) is 5.56 Å². The quantitative estimate of drug-likeness (QED) is 0.468. The lowest BCUT2D eigenvalue weighted by Gasteiger charge is -2.36. The van der Waals surface area contributed by atoms with Gasteiger partial charge in [0.2, 0.25) is 11.9 Å². The minimum Gasteiger partial charge on any atom is -0.476 e. The summed E-state index contributed by atoms with van der Waals surface area (Å²) in [5.74, 6) is -1.11. The summed E-state index contributed by atoms with van der Waals surface area (Å²) in [5.41, 5.74) is 0.229. The SMILES string of the molecule is C[C@@H](Nc1ccc(Cl)nc1C(=O)O)c1cc(F)cc2c(=O)n(C)c(N3CCN(C(=O)C4CC4)CC3)nc12. The molecule has 3 heterocycles. The van der Waals surface area contributed by atoms with Gasteiger partial charge in [-0.25, -0.2) is 19.2 Å². The molecule has 12 heteroatoms. The van der Waals surface area contributed by atoms with Gasteiger partial charge >= 0.3 is 5.97 Å². The van der Waals surface area contributed by atoms with Gasteiger partial charge < -0.3 is 20.2 Å². The van der Waals surface area contributed by atoms with Gasteiger partial charge in [-0.1, -0.05) is 11.6 Å². The summed E-state index contributed by atoms with van der Waals surface area (Å²) in [4.78, 5) is 49.8. The number of hydrogen-bond donors (Lipinski definition) is 2. The van der Waals surface area contributed by atoms with Crippen LogP contribution in [0.2, 0.25) is 5.15 Å². The van der Waals surface area contributed by atoms with Crippen molar-refractivity contribution in [3.8, 4) is 0 Å². The molecule has 1 saturated carbocycles. The van der Waals surface area contributed by atoms with E-state index in [0.717, 1.165) is 18.9 Å². The Balaban J connectivity index is 1.50. The van der Waals surface area contributed by atoms with Gasteiger partial charge in [-0.3, -0.25) is 14.2 Å². The van der Waals surface area contributed by atoms with Crippen molar-refractivity contribution in [3.05, 3.63) is 56.8 Å². The molecule has 0 bridgehead atoms. The van der Waals surface area contributed by atoms with Crippen LogP contribution in [0.5, 0.6) is 0 Å². The van der Waals surface area contributed by atoms with Gasteiger partial charge in [0.05, 0.1) is 22.6 Å². The molecule has 1 aliphatic carbocycles. The number of aromatic carboxylic acids is 1. The van der Waals surface area contributed by atoms with Crippen molar-refractivity contribution in [1.82, 2.24) is 19.4 Å². The highest BCUT2D eigenvalue weighted by molar-refractivity contribution is 6.29. The lowest BCUT2D eigenvalue weighted by atomic mass is 10.0. The third-order valence-corrected chi connectivity index (χ3v) is 7.06. The minimum atomic E-state index is -1.27. The fourth-order valence-corrected chi connectivity index (χ4v) is 4.86. The molecule has 3 aromatic rings. The molecule has 2 aromatic heterocycles. The molecule has 2 N–H and O–H groups in total. The second kappa shape index (κ2) is 9.62. The molecule has 2 aliphatic rings. The highest BCUT2D eigenvalue weighted by atomic mass is 35.5. The first-order valence-corrected chi connectivity index (χ1v) is 12.4. The van der Waals surface area contributed by atoms with E-state index in [1.807, 2.05) is 9.80 Å². The van der Waals surface area contributed by atoms with Crippen LogP contribution in [0.1, 0.15) is 41.9 Å². The lowest BCUT2D eigenvalue weighted by molar-refractivity contribution is -0.132. The fourth-order valence-electron chi connectivity index (χ4n) is 4.71. The summed E-state index contributed by atoms with van der Waals surface area (Å²) in [6, 6.07) is 4.75. The number of nitrogens with zero attached hydrogens (tertiary/aromatic N) is 5. The Labute approximate surface area is 216 Å². The van der Waals surface area contributed by atoms with Crippen molar-refractivity contribution >= 4 is 46.0 Å². The average Bonchev–Trinajstić information content (AvgIpc) is 3.72. The molecule has 5 rings (SSSR count). The summed E-state index contributed by atoms with van der Waals surface area (Å²) in [6.45, 7) is 3.84. The molecule has 0 radical (unpaired) electrons. The van der Waals surface area contributed by atoms with Gasteiger partial charge in [0.1, 0.15) is 11.0 Å². The molecule has 1 aromatic carbocycles. The predicted octanol–water partition coefficient (Wildman–Crippen LogP) is 3.05. The molecular formula is C25H26ClFN6O4. The van der Waals surface area contributed by atoms with E-state index in [0.29, 0.717) is 43.2 Å². The number of aromatic nitrogens is 3. The molecule has 37 heavy (non-hydrogen) atoms. The summed E-state index contributed by atoms with van der Waals surface area (Å²) < 4.78 is 16.0. The highest BCUT2D eigenvalue weighted by Gasteiger charge is 2.35. The Morgan fingerprint density at radius 1 is 1.16 bits per heavy atom. The summed E-state index contributed by atoms with van der Waals surface area (Å²) in [6.07, 6.45) is 1.90. The molecule has 0 spiro atoms. The van der Waals surface area contributed by atoms with E-state index >= 15 is 0 Å². The summed E-state index contributed by atoms with van der Waals surface area (Å²) in [5, 5.41) is 12.7. The second-order valence-corrected chi connectivity index (χ2v) is 9.84. The zero-order chi connectivity index (χ0) is 26.4. The van der Waals surface area contributed by atoms with Gasteiger partial charge in [-0.2, -0.15) is 0 Å². The van der Waals surface area contributed by atoms with E-state index < -0.39 is 23.4 Å². The van der Waals surface area contributed by atoms with E-state index in [1.165, 1.54) is 22.8 Å². The smallest absolute Gasteiger partial charge is 0.356 e. The molecule has 1 amide bonds. The molecule has 1 saturated heterocycles. The maximum absolute atomic E-state index is 14.6. The van der Waals surface area contributed by atoms with Gasteiger partial charge in [-0.15, -0.1) is 0 Å². The van der Waals surface area contributed by atoms with Crippen molar-refractivity contribution in [1.29, 1.82) is 0 Å². The maximum atomic E-state index is 14.6. The molecule has 0 unspecified atom stereocenters. The van der Waals surface area contributed by atoms with E-state index in [-0.39, 0.29) is 33.7 Å². The van der Waals surface area contributed by atoms with Crippen LogP contribution >= 0.6 is 11.6 Å². The Morgan fingerprint density at radius 2 is 1.86 bits per heavy atom. The number of carbonyl (C=O) groups excluding carboxylic acids is 1. The second-order valence-electron chi connectivity index (χ2n) is 9.46. The van der Waals surface area contributed by atoms with Crippen molar-refractivity contribution in [2.75, 3.05) is 36.4 Å². The third kappa shape index (κ3) is 4.83. The van der Waals surface area contributed by atoms with Crippen molar-refractivity contribution < 1.29 is 19.1 Å². The lowest BCUT2D eigenvalue weighted by Crippen LogP contribution is -2.50. The third-order valence-electron chi connectivity index (χ3n) is 6.85. The number of carbonyl (C=O) groups is 2. The number of anilines is 2. The molecule has 2 fully saturated rings. The first-order chi connectivity index (χ1) is 17.6. The van der Waals surface area contributed by atoms with E-state index in [4.69, 9.17) is 16.6 Å². The number of piperazine rings is 1. The van der Waals surface area contributed by atoms with E-state index in [9.17, 15) is 23.9 Å². The van der Waals surface area contributed by atoms with Crippen molar-refractivity contribution in [3.63, 3.8) is 0 Å². The van der Waals surface area contributed by atoms with Gasteiger partial charge in [-0.05, 0) is 44.0 Å². The minimum absolute atomic E-state index is 0.0283. The van der Waals surface area contributed by atoms with Crippen LogP contribution in [0.4, 0.5) is 16.0 Å². The first-order valence-electron chi connectivity index (χ1n) is 12.0. The van der Waals surface area contributed by atoms with Crippen LogP contribution in [-0.4, -0.2) is 62.6 Å². The van der Waals surface area contributed by atoms with Crippen molar-refractivity contribution in [2.45, 2.75) is 25.8 Å². The molecule has 194 valence electrons. The normalized spacial score (nSPS) is 16.6. The molecular weight excluding hydrogens is 503 g/mol. The van der Waals surface area contributed by atoms with Crippen LogP contribution < -0.4 is 15.8 Å². The van der Waals surface area contributed by atoms with E-state index in [2.05, 4.69) is 10.3 Å². The predicted molar refractivity (Wildman–Crippen MR) is 137 cm³/mol. The van der Waals surface area contributed by atoms with Gasteiger partial charge in [0.15, 0.2) is 5.69 Å². The number of rotatable bonds is 6. The zero-order valence-electron chi connectivity index (χ0n) is 20.4. The maximum Gasteiger partial charge on any atom is 0.356 e. The Kier molecular flexibility index (Phi) is 6.49. The number of nitrogens with one attached hydrogen (secondary N) is 1. The highest BCUT2D eigenvalue weighted by Crippen LogP contribution is 2.32. The number of amides is 1. The zero-order valence-corrected chi connectivity index (χ0v) is 21.1. The fraction of sp³-hybridized carbons (Fsp3) is 0.400. The van der Waals surface area contributed by atoms with Crippen LogP contribution in [0.25, 0.3) is 10.9 Å². The number of carboxylic acids is 1. The number of benzene rings is 1. The first kappa shape index (κ1) is 24.9. The largest absolute Gasteiger partial charge is 0.476 e. The van der Waals surface area contributed by atoms with E-state index in [1.54, 1.807) is 14.0 Å². The number of hydrogen-bond acceptors (Lipinski definition) is 7. The number of carboxylic acid groups (broad SMARTS) is 1. The standard InChI is InChI=1S/C25H26ClFN6O4/c1-13(28-18-5-6-19(26)29-21(18)24(36)37)16-11-15(27)12-17-20(16)30-25(31(2)23(17)35)33-9-7-32(8-10-33)22(34)14-3-4-14/h5-6,11-14,28H,3-4,7-10H2,1-2H3,(H,36,37)/t13-/m1/s1. The van der Waals surface area contributed by atoms with Crippen molar-refractivity contribution in [2.24, 2.45) is 13.0 Å². The Hall–Kier alpha value is -3.73. The molecule has 1 atom stereocenters. The van der Waals surface area contributed by atoms with Crippen LogP contribution in [0.15, 0.2) is 29.1 Å². The van der Waals surface area contributed by atoms with Crippen LogP contribution in [0.3, 0.4) is 0 Å². The number of pyridine rings is 1. The number of fused-ring (bicyclic) bond motifs is 1.